The highest BCUT2D eigenvalue weighted by atomic mass is 16.3. The second kappa shape index (κ2) is 5.68. The first kappa shape index (κ1) is 13.2. The van der Waals surface area contributed by atoms with E-state index in [9.17, 15) is 5.11 Å². The minimum atomic E-state index is -0.389. The van der Waals surface area contributed by atoms with Gasteiger partial charge >= 0.3 is 0 Å². The normalized spacial score (nSPS) is 20.1. The zero-order valence-electron chi connectivity index (χ0n) is 11.9. The van der Waals surface area contributed by atoms with E-state index in [4.69, 9.17) is 0 Å². The molecular weight excluding hydrogens is 246 g/mol. The first-order valence-electron chi connectivity index (χ1n) is 7.32. The molecule has 2 heteroatoms. The molecule has 1 heterocycles. The van der Waals surface area contributed by atoms with Gasteiger partial charge in [0.15, 0.2) is 0 Å². The number of aliphatic hydroxyl groups excluding tert-OH is 1. The maximum Gasteiger partial charge on any atom is 0.0761 e. The molecule has 2 aromatic carbocycles. The summed E-state index contributed by atoms with van der Waals surface area (Å²) >= 11 is 0. The molecule has 1 unspecified atom stereocenters. The van der Waals surface area contributed by atoms with Crippen molar-refractivity contribution in [2.45, 2.75) is 25.4 Å². The molecule has 0 amide bonds. The van der Waals surface area contributed by atoms with Crippen LogP contribution in [0.2, 0.25) is 0 Å². The number of hydrogen-bond acceptors (Lipinski definition) is 2. The predicted molar refractivity (Wildman–Crippen MR) is 83.1 cm³/mol. The fraction of sp³-hybridized carbons (Fsp3) is 0.333. The Morgan fingerprint density at radius 1 is 1.05 bits per heavy atom. The fourth-order valence-corrected chi connectivity index (χ4v) is 2.96. The number of aliphatic hydroxyl groups is 1. The van der Waals surface area contributed by atoms with Gasteiger partial charge in [0.05, 0.1) is 6.10 Å². The molecule has 2 atom stereocenters. The summed E-state index contributed by atoms with van der Waals surface area (Å²) in [4.78, 5) is 2.43. The molecule has 0 aliphatic carbocycles. The highest BCUT2D eigenvalue weighted by molar-refractivity contribution is 5.49. The van der Waals surface area contributed by atoms with Crippen molar-refractivity contribution in [1.29, 1.82) is 0 Å². The Labute approximate surface area is 120 Å². The number of rotatable bonds is 3. The van der Waals surface area contributed by atoms with Gasteiger partial charge in [-0.15, -0.1) is 0 Å². The van der Waals surface area contributed by atoms with Crippen LogP contribution in [0.25, 0.3) is 0 Å². The first-order chi connectivity index (χ1) is 9.74. The van der Waals surface area contributed by atoms with Crippen LogP contribution in [0.15, 0.2) is 54.6 Å². The number of benzene rings is 2. The molecule has 1 N–H and O–H groups in total. The van der Waals surface area contributed by atoms with Gasteiger partial charge in [-0.05, 0) is 36.6 Å². The molecule has 20 heavy (non-hydrogen) atoms. The first-order valence-corrected chi connectivity index (χ1v) is 7.32. The zero-order chi connectivity index (χ0) is 13.9. The largest absolute Gasteiger partial charge is 0.389 e. The molecule has 3 rings (SSSR count). The Hall–Kier alpha value is -1.80. The summed E-state index contributed by atoms with van der Waals surface area (Å²) < 4.78 is 0. The predicted octanol–water partition coefficient (Wildman–Crippen LogP) is 3.73. The van der Waals surface area contributed by atoms with E-state index in [1.54, 1.807) is 6.92 Å². The van der Waals surface area contributed by atoms with E-state index >= 15 is 0 Å². The summed E-state index contributed by atoms with van der Waals surface area (Å²) in [7, 11) is 0. The second-order valence-electron chi connectivity index (χ2n) is 5.61. The van der Waals surface area contributed by atoms with Gasteiger partial charge in [0, 0.05) is 24.7 Å². The lowest BCUT2D eigenvalue weighted by Crippen LogP contribution is -2.19. The van der Waals surface area contributed by atoms with Crippen LogP contribution in [0.1, 0.15) is 36.5 Å². The van der Waals surface area contributed by atoms with Crippen molar-refractivity contribution in [2.75, 3.05) is 18.0 Å². The third kappa shape index (κ3) is 2.70. The third-order valence-electron chi connectivity index (χ3n) is 4.20. The van der Waals surface area contributed by atoms with Crippen molar-refractivity contribution >= 4 is 5.69 Å². The molecule has 104 valence electrons. The van der Waals surface area contributed by atoms with Crippen molar-refractivity contribution in [1.82, 2.24) is 0 Å². The van der Waals surface area contributed by atoms with E-state index in [1.165, 1.54) is 17.7 Å². The van der Waals surface area contributed by atoms with Crippen LogP contribution in [0.3, 0.4) is 0 Å². The van der Waals surface area contributed by atoms with E-state index in [-0.39, 0.29) is 6.10 Å². The molecule has 0 saturated carbocycles. The lowest BCUT2D eigenvalue weighted by molar-refractivity contribution is 0.199. The average Bonchev–Trinajstić information content (AvgIpc) is 2.98. The van der Waals surface area contributed by atoms with Crippen molar-refractivity contribution in [3.05, 3.63) is 65.7 Å². The summed E-state index contributed by atoms with van der Waals surface area (Å²) in [6.07, 6.45) is 0.821. The summed E-state index contributed by atoms with van der Waals surface area (Å²) in [6, 6.07) is 19.1. The molecule has 1 aliphatic heterocycles. The third-order valence-corrected chi connectivity index (χ3v) is 4.20. The van der Waals surface area contributed by atoms with Crippen LogP contribution in [0, 0.1) is 0 Å². The number of nitrogens with zero attached hydrogens (tertiary/aromatic N) is 1. The second-order valence-corrected chi connectivity index (χ2v) is 5.61. The van der Waals surface area contributed by atoms with Gasteiger partial charge in [-0.2, -0.15) is 0 Å². The average molecular weight is 267 g/mol. The van der Waals surface area contributed by atoms with E-state index < -0.39 is 0 Å². The van der Waals surface area contributed by atoms with Gasteiger partial charge in [0.25, 0.3) is 0 Å². The summed E-state index contributed by atoms with van der Waals surface area (Å²) in [6.45, 7) is 3.99. The Bertz CT molecular complexity index is 547. The minimum absolute atomic E-state index is 0.389. The van der Waals surface area contributed by atoms with Crippen LogP contribution >= 0.6 is 0 Å². The van der Waals surface area contributed by atoms with Gasteiger partial charge in [0.2, 0.25) is 0 Å². The Morgan fingerprint density at radius 2 is 1.75 bits per heavy atom. The van der Waals surface area contributed by atoms with Gasteiger partial charge in [0.1, 0.15) is 0 Å². The van der Waals surface area contributed by atoms with Crippen LogP contribution < -0.4 is 4.90 Å². The van der Waals surface area contributed by atoms with E-state index in [0.29, 0.717) is 5.92 Å². The maximum atomic E-state index is 9.56. The van der Waals surface area contributed by atoms with Crippen molar-refractivity contribution in [3.8, 4) is 0 Å². The lowest BCUT2D eigenvalue weighted by atomic mass is 9.99. The molecule has 2 aromatic rings. The maximum absolute atomic E-state index is 9.56. The highest BCUT2D eigenvalue weighted by Gasteiger charge is 2.23. The molecular formula is C18H21NO. The smallest absolute Gasteiger partial charge is 0.0761 e. The number of anilines is 1. The molecule has 1 saturated heterocycles. The fourth-order valence-electron chi connectivity index (χ4n) is 2.96. The van der Waals surface area contributed by atoms with Crippen LogP contribution in [-0.2, 0) is 0 Å². The van der Waals surface area contributed by atoms with Crippen molar-refractivity contribution in [3.63, 3.8) is 0 Å². The highest BCUT2D eigenvalue weighted by Crippen LogP contribution is 2.31. The van der Waals surface area contributed by atoms with Gasteiger partial charge in [-0.1, -0.05) is 42.5 Å². The molecule has 0 bridgehead atoms. The Kier molecular flexibility index (Phi) is 3.75. The monoisotopic (exact) mass is 267 g/mol. The van der Waals surface area contributed by atoms with Crippen LogP contribution in [0.4, 0.5) is 5.69 Å². The molecule has 2 nitrogen and oxygen atoms in total. The molecule has 1 aliphatic rings. The standard InChI is InChI=1S/C18H21NO/c1-14(20)15-7-9-18(10-8-15)19-12-11-17(13-19)16-5-3-2-4-6-16/h2-10,14,17,20H,11-13H2,1H3/t14-,17?/m0/s1. The van der Waals surface area contributed by atoms with E-state index in [1.807, 2.05) is 12.1 Å². The SMILES string of the molecule is C[C@H](O)c1ccc(N2CCC(c3ccccc3)C2)cc1. The lowest BCUT2D eigenvalue weighted by Gasteiger charge is -2.19. The number of hydrogen-bond donors (Lipinski definition) is 1. The van der Waals surface area contributed by atoms with E-state index in [2.05, 4.69) is 47.4 Å². The van der Waals surface area contributed by atoms with Crippen LogP contribution in [0.5, 0.6) is 0 Å². The minimum Gasteiger partial charge on any atom is -0.389 e. The summed E-state index contributed by atoms with van der Waals surface area (Å²) in [5, 5.41) is 9.56. The summed E-state index contributed by atoms with van der Waals surface area (Å²) in [5.41, 5.74) is 3.68. The molecule has 0 radical (unpaired) electrons. The van der Waals surface area contributed by atoms with Crippen molar-refractivity contribution in [2.24, 2.45) is 0 Å². The van der Waals surface area contributed by atoms with Gasteiger partial charge < -0.3 is 10.0 Å². The Balaban J connectivity index is 1.71. The van der Waals surface area contributed by atoms with E-state index in [0.717, 1.165) is 18.7 Å². The van der Waals surface area contributed by atoms with Gasteiger partial charge in [-0.25, -0.2) is 0 Å². The quantitative estimate of drug-likeness (QED) is 0.916. The Morgan fingerprint density at radius 3 is 2.40 bits per heavy atom. The zero-order valence-corrected chi connectivity index (χ0v) is 11.9. The topological polar surface area (TPSA) is 23.5 Å². The summed E-state index contributed by atoms with van der Waals surface area (Å²) in [5.74, 6) is 0.632. The molecule has 1 fully saturated rings. The van der Waals surface area contributed by atoms with Crippen molar-refractivity contribution < 1.29 is 5.11 Å². The molecule has 0 aromatic heterocycles. The molecule has 0 spiro atoms. The van der Waals surface area contributed by atoms with Gasteiger partial charge in [-0.3, -0.25) is 0 Å². The van der Waals surface area contributed by atoms with Crippen LogP contribution in [-0.4, -0.2) is 18.2 Å².